The molecular formula is C19H22N4O2. The molecule has 2 aromatic rings. The molecule has 0 fully saturated rings. The van der Waals surface area contributed by atoms with Crippen molar-refractivity contribution in [2.24, 2.45) is 0 Å². The molecule has 25 heavy (non-hydrogen) atoms. The second-order valence-electron chi connectivity index (χ2n) is 6.25. The van der Waals surface area contributed by atoms with Gasteiger partial charge in [0.05, 0.1) is 11.6 Å². The number of hydrogen-bond donors (Lipinski definition) is 2. The van der Waals surface area contributed by atoms with Crippen LogP contribution in [0.15, 0.2) is 36.5 Å². The van der Waals surface area contributed by atoms with Crippen molar-refractivity contribution in [2.75, 3.05) is 11.9 Å². The summed E-state index contributed by atoms with van der Waals surface area (Å²) in [7, 11) is 0. The first-order valence-electron chi connectivity index (χ1n) is 8.58. The largest absolute Gasteiger partial charge is 0.355 e. The summed E-state index contributed by atoms with van der Waals surface area (Å²) < 4.78 is 0. The normalized spacial score (nSPS) is 16.0. The van der Waals surface area contributed by atoms with Crippen molar-refractivity contribution in [3.05, 3.63) is 53.5 Å². The third kappa shape index (κ3) is 4.41. The minimum Gasteiger partial charge on any atom is -0.355 e. The zero-order valence-corrected chi connectivity index (χ0v) is 14.3. The van der Waals surface area contributed by atoms with Gasteiger partial charge in [-0.05, 0) is 49.9 Å². The summed E-state index contributed by atoms with van der Waals surface area (Å²) in [5.41, 5.74) is 2.87. The lowest BCUT2D eigenvalue weighted by atomic mass is 9.86. The third-order valence-corrected chi connectivity index (χ3v) is 4.32. The first kappa shape index (κ1) is 17.1. The van der Waals surface area contributed by atoms with E-state index in [-0.39, 0.29) is 24.2 Å². The number of rotatable bonds is 5. The molecule has 0 saturated carbocycles. The first-order valence-corrected chi connectivity index (χ1v) is 8.58. The number of carbonyl (C=O) groups excluding carboxylic acids is 2. The molecule has 1 atom stereocenters. The molecule has 0 saturated heterocycles. The summed E-state index contributed by atoms with van der Waals surface area (Å²) in [5, 5.41) is 5.60. The Morgan fingerprint density at radius 1 is 1.24 bits per heavy atom. The first-order chi connectivity index (χ1) is 12.1. The van der Waals surface area contributed by atoms with Gasteiger partial charge in [0.15, 0.2) is 0 Å². The number of pyridine rings is 2. The number of nitrogens with one attached hydrogen (secondary N) is 2. The van der Waals surface area contributed by atoms with Crippen molar-refractivity contribution in [2.45, 2.75) is 38.5 Å². The fourth-order valence-electron chi connectivity index (χ4n) is 3.11. The average Bonchev–Trinajstić information content (AvgIpc) is 2.61. The number of aryl methyl sites for hydroxylation is 2. The van der Waals surface area contributed by atoms with Crippen LogP contribution in [0.3, 0.4) is 0 Å². The third-order valence-electron chi connectivity index (χ3n) is 4.32. The molecule has 0 bridgehead atoms. The number of hydrogen-bond acceptors (Lipinski definition) is 4. The van der Waals surface area contributed by atoms with Gasteiger partial charge < -0.3 is 10.6 Å². The molecule has 2 heterocycles. The predicted molar refractivity (Wildman–Crippen MR) is 95.1 cm³/mol. The lowest BCUT2D eigenvalue weighted by Crippen LogP contribution is -2.34. The highest BCUT2D eigenvalue weighted by atomic mass is 16.2. The van der Waals surface area contributed by atoms with Crippen LogP contribution in [0.5, 0.6) is 0 Å². The van der Waals surface area contributed by atoms with Crippen LogP contribution in [0.1, 0.15) is 42.1 Å². The highest BCUT2D eigenvalue weighted by molar-refractivity contribution is 5.90. The zero-order chi connectivity index (χ0) is 17.6. The number of carbonyl (C=O) groups is 2. The van der Waals surface area contributed by atoms with E-state index in [4.69, 9.17) is 0 Å². The molecule has 130 valence electrons. The maximum absolute atomic E-state index is 12.5. The Hall–Kier alpha value is -2.76. The van der Waals surface area contributed by atoms with Crippen LogP contribution in [-0.2, 0) is 16.0 Å². The minimum atomic E-state index is -0.216. The standard InChI is InChI=1S/C19H22N4O2/c1-13-5-2-9-16(22-13)23-17(24)10-12-21-19(25)15-8-3-6-14-7-4-11-20-18(14)15/h2,4-5,7,9,11,15H,3,6,8,10,12H2,1H3,(H,21,25)(H,22,23,24)/t15-/m1/s1. The molecule has 0 aromatic carbocycles. The van der Waals surface area contributed by atoms with E-state index in [0.717, 1.165) is 36.2 Å². The Kier molecular flexibility index (Phi) is 5.38. The number of aromatic nitrogens is 2. The zero-order valence-electron chi connectivity index (χ0n) is 14.3. The van der Waals surface area contributed by atoms with Crippen LogP contribution < -0.4 is 10.6 Å². The van der Waals surface area contributed by atoms with Crippen molar-refractivity contribution in [1.29, 1.82) is 0 Å². The van der Waals surface area contributed by atoms with Gasteiger partial charge in [0, 0.05) is 24.9 Å². The minimum absolute atomic E-state index is 0.0545. The van der Waals surface area contributed by atoms with Crippen LogP contribution in [0.25, 0.3) is 0 Å². The number of amides is 2. The summed E-state index contributed by atoms with van der Waals surface area (Å²) in [5.74, 6) is 0.0925. The molecule has 2 aromatic heterocycles. The number of fused-ring (bicyclic) bond motifs is 1. The number of anilines is 1. The van der Waals surface area contributed by atoms with Gasteiger partial charge in [-0.25, -0.2) is 4.98 Å². The van der Waals surface area contributed by atoms with E-state index in [1.54, 1.807) is 12.3 Å². The van der Waals surface area contributed by atoms with E-state index >= 15 is 0 Å². The van der Waals surface area contributed by atoms with E-state index in [2.05, 4.69) is 20.6 Å². The molecule has 1 aliphatic rings. The smallest absolute Gasteiger partial charge is 0.229 e. The van der Waals surface area contributed by atoms with Gasteiger partial charge in [-0.15, -0.1) is 0 Å². The van der Waals surface area contributed by atoms with Crippen molar-refractivity contribution < 1.29 is 9.59 Å². The van der Waals surface area contributed by atoms with Gasteiger partial charge in [0.25, 0.3) is 0 Å². The summed E-state index contributed by atoms with van der Waals surface area (Å²) in [4.78, 5) is 33.0. The maximum Gasteiger partial charge on any atom is 0.229 e. The molecule has 0 aliphatic heterocycles. The Morgan fingerprint density at radius 2 is 2.12 bits per heavy atom. The summed E-state index contributed by atoms with van der Waals surface area (Å²) in [6.45, 7) is 2.17. The van der Waals surface area contributed by atoms with Crippen LogP contribution in [0.4, 0.5) is 5.82 Å². The van der Waals surface area contributed by atoms with Gasteiger partial charge in [-0.3, -0.25) is 14.6 Å². The molecule has 2 amide bonds. The summed E-state index contributed by atoms with van der Waals surface area (Å²) >= 11 is 0. The van der Waals surface area contributed by atoms with Gasteiger partial charge in [0.1, 0.15) is 5.82 Å². The second kappa shape index (κ2) is 7.88. The molecule has 2 N–H and O–H groups in total. The van der Waals surface area contributed by atoms with E-state index < -0.39 is 0 Å². The maximum atomic E-state index is 12.5. The Morgan fingerprint density at radius 3 is 2.96 bits per heavy atom. The quantitative estimate of drug-likeness (QED) is 0.876. The molecule has 0 unspecified atom stereocenters. The van der Waals surface area contributed by atoms with Crippen molar-refractivity contribution in [3.8, 4) is 0 Å². The topological polar surface area (TPSA) is 84.0 Å². The van der Waals surface area contributed by atoms with Crippen LogP contribution in [0, 0.1) is 6.92 Å². The Labute approximate surface area is 147 Å². The predicted octanol–water partition coefficient (Wildman–Crippen LogP) is 2.35. The monoisotopic (exact) mass is 338 g/mol. The lowest BCUT2D eigenvalue weighted by Gasteiger charge is -2.23. The molecule has 3 rings (SSSR count). The van der Waals surface area contributed by atoms with E-state index in [0.29, 0.717) is 12.4 Å². The fraction of sp³-hybridized carbons (Fsp3) is 0.368. The van der Waals surface area contributed by atoms with E-state index in [9.17, 15) is 9.59 Å². The lowest BCUT2D eigenvalue weighted by molar-refractivity contribution is -0.123. The van der Waals surface area contributed by atoms with Gasteiger partial charge in [-0.2, -0.15) is 0 Å². The van der Waals surface area contributed by atoms with Gasteiger partial charge >= 0.3 is 0 Å². The second-order valence-corrected chi connectivity index (χ2v) is 6.25. The molecule has 1 aliphatic carbocycles. The van der Waals surface area contributed by atoms with E-state index in [1.165, 1.54) is 0 Å². The molecule has 6 heteroatoms. The summed E-state index contributed by atoms with van der Waals surface area (Å²) in [6, 6.07) is 9.39. The molecule has 0 radical (unpaired) electrons. The highest BCUT2D eigenvalue weighted by Gasteiger charge is 2.27. The average molecular weight is 338 g/mol. The van der Waals surface area contributed by atoms with Crippen molar-refractivity contribution in [3.63, 3.8) is 0 Å². The molecule has 6 nitrogen and oxygen atoms in total. The van der Waals surface area contributed by atoms with Gasteiger partial charge in [0.2, 0.25) is 11.8 Å². The van der Waals surface area contributed by atoms with Crippen molar-refractivity contribution >= 4 is 17.6 Å². The van der Waals surface area contributed by atoms with Crippen LogP contribution in [0.2, 0.25) is 0 Å². The molecule has 0 spiro atoms. The van der Waals surface area contributed by atoms with Crippen molar-refractivity contribution in [1.82, 2.24) is 15.3 Å². The van der Waals surface area contributed by atoms with E-state index in [1.807, 2.05) is 31.2 Å². The number of nitrogens with zero attached hydrogens (tertiary/aromatic N) is 2. The van der Waals surface area contributed by atoms with Crippen LogP contribution >= 0.6 is 0 Å². The highest BCUT2D eigenvalue weighted by Crippen LogP contribution is 2.29. The van der Waals surface area contributed by atoms with Gasteiger partial charge in [-0.1, -0.05) is 12.1 Å². The fourth-order valence-corrected chi connectivity index (χ4v) is 3.11. The molecular weight excluding hydrogens is 316 g/mol. The Balaban J connectivity index is 1.49. The SMILES string of the molecule is Cc1cccc(NC(=O)CCNC(=O)[C@@H]2CCCc3cccnc32)n1. The summed E-state index contributed by atoms with van der Waals surface area (Å²) in [6.07, 6.45) is 4.69. The Bertz CT molecular complexity index is 776. The van der Waals surface area contributed by atoms with Crippen LogP contribution in [-0.4, -0.2) is 28.3 Å².